The largest absolute Gasteiger partial charge is 0.493 e. The van der Waals surface area contributed by atoms with Crippen LogP contribution in [0.25, 0.3) is 26.7 Å². The molecule has 0 saturated carbocycles. The van der Waals surface area contributed by atoms with E-state index in [9.17, 15) is 4.79 Å². The van der Waals surface area contributed by atoms with E-state index in [2.05, 4.69) is 15.4 Å². The van der Waals surface area contributed by atoms with Gasteiger partial charge >= 0.3 is 0 Å². The maximum atomic E-state index is 12.7. The molecule has 0 saturated heterocycles. The highest BCUT2D eigenvalue weighted by atomic mass is 32.1. The third-order valence-corrected chi connectivity index (χ3v) is 5.78. The summed E-state index contributed by atoms with van der Waals surface area (Å²) in [7, 11) is 1.51. The molecule has 0 spiro atoms. The average molecular weight is 430 g/mol. The maximum Gasteiger partial charge on any atom is 0.276 e. The molecule has 0 atom stereocenters. The number of rotatable bonds is 6. The quantitative estimate of drug-likeness (QED) is 0.423. The molecule has 0 aliphatic heterocycles. The number of fused-ring (bicyclic) bond motifs is 1. The van der Waals surface area contributed by atoms with Crippen molar-refractivity contribution in [3.05, 3.63) is 84.4 Å². The number of hydrogen-bond acceptors (Lipinski definition) is 6. The van der Waals surface area contributed by atoms with Gasteiger partial charge in [-0.25, -0.2) is 9.67 Å². The van der Waals surface area contributed by atoms with Crippen LogP contribution in [0.15, 0.2) is 77.3 Å². The molecule has 2 aromatic carbocycles. The van der Waals surface area contributed by atoms with Crippen molar-refractivity contribution in [2.24, 2.45) is 0 Å². The van der Waals surface area contributed by atoms with Gasteiger partial charge in [-0.15, -0.1) is 11.3 Å². The molecular weight excluding hydrogens is 412 g/mol. The molecule has 3 heterocycles. The lowest BCUT2D eigenvalue weighted by atomic mass is 10.3. The number of carbonyl (C=O) groups is 1. The molecule has 5 aromatic rings. The normalized spacial score (nSPS) is 11.0. The Kier molecular flexibility index (Phi) is 4.97. The molecule has 0 aliphatic rings. The van der Waals surface area contributed by atoms with Crippen molar-refractivity contribution < 1.29 is 13.9 Å². The van der Waals surface area contributed by atoms with Crippen LogP contribution in [0.2, 0.25) is 0 Å². The highest BCUT2D eigenvalue weighted by molar-refractivity contribution is 7.21. The van der Waals surface area contributed by atoms with E-state index in [4.69, 9.17) is 9.15 Å². The SMILES string of the molecule is COc1cn(-c2ccccc2)nc1C(=O)NCc1ccc(-c2nc3ccccc3s2)o1. The first-order valence-electron chi connectivity index (χ1n) is 9.63. The molecule has 31 heavy (non-hydrogen) atoms. The zero-order valence-corrected chi connectivity index (χ0v) is 17.4. The number of aromatic nitrogens is 3. The van der Waals surface area contributed by atoms with E-state index in [0.717, 1.165) is 20.9 Å². The Balaban J connectivity index is 1.30. The fourth-order valence-electron chi connectivity index (χ4n) is 3.19. The summed E-state index contributed by atoms with van der Waals surface area (Å²) in [6, 6.07) is 21.2. The van der Waals surface area contributed by atoms with Crippen LogP contribution < -0.4 is 10.1 Å². The number of hydrogen-bond donors (Lipinski definition) is 1. The highest BCUT2D eigenvalue weighted by Crippen LogP contribution is 2.31. The molecule has 1 amide bonds. The van der Waals surface area contributed by atoms with Crippen molar-refractivity contribution in [3.63, 3.8) is 0 Å². The first kappa shape index (κ1) is 19.1. The third-order valence-electron chi connectivity index (χ3n) is 4.73. The van der Waals surface area contributed by atoms with E-state index < -0.39 is 0 Å². The first-order chi connectivity index (χ1) is 15.2. The van der Waals surface area contributed by atoms with Crippen molar-refractivity contribution in [2.75, 3.05) is 7.11 Å². The van der Waals surface area contributed by atoms with E-state index in [1.165, 1.54) is 7.11 Å². The molecule has 154 valence electrons. The number of methoxy groups -OCH3 is 1. The van der Waals surface area contributed by atoms with Gasteiger partial charge in [0.15, 0.2) is 22.2 Å². The molecule has 7 nitrogen and oxygen atoms in total. The van der Waals surface area contributed by atoms with Gasteiger partial charge < -0.3 is 14.5 Å². The summed E-state index contributed by atoms with van der Waals surface area (Å²) in [6.07, 6.45) is 1.68. The molecule has 0 radical (unpaired) electrons. The topological polar surface area (TPSA) is 82.2 Å². The third kappa shape index (κ3) is 3.80. The number of carbonyl (C=O) groups excluding carboxylic acids is 1. The van der Waals surface area contributed by atoms with Crippen LogP contribution in [0, 0.1) is 0 Å². The van der Waals surface area contributed by atoms with Gasteiger partial charge in [0.1, 0.15) is 5.76 Å². The van der Waals surface area contributed by atoms with E-state index in [1.807, 2.05) is 66.7 Å². The van der Waals surface area contributed by atoms with Crippen LogP contribution in [0.5, 0.6) is 5.75 Å². The van der Waals surface area contributed by atoms with Crippen LogP contribution in [-0.4, -0.2) is 27.8 Å². The number of amides is 1. The number of para-hydroxylation sites is 2. The number of nitrogens with one attached hydrogen (secondary N) is 1. The van der Waals surface area contributed by atoms with Gasteiger partial charge in [0.05, 0.1) is 35.8 Å². The summed E-state index contributed by atoms with van der Waals surface area (Å²) in [5.74, 6) is 1.36. The Bertz CT molecular complexity index is 1320. The molecule has 0 unspecified atom stereocenters. The molecule has 0 fully saturated rings. The number of ether oxygens (including phenoxy) is 1. The van der Waals surface area contributed by atoms with Gasteiger partial charge in [-0.3, -0.25) is 4.79 Å². The van der Waals surface area contributed by atoms with E-state index in [-0.39, 0.29) is 18.1 Å². The summed E-state index contributed by atoms with van der Waals surface area (Å²) in [6.45, 7) is 0.227. The lowest BCUT2D eigenvalue weighted by molar-refractivity contribution is 0.0939. The Hall–Kier alpha value is -3.91. The lowest BCUT2D eigenvalue weighted by Crippen LogP contribution is -2.23. The van der Waals surface area contributed by atoms with E-state index in [0.29, 0.717) is 17.3 Å². The van der Waals surface area contributed by atoms with Crippen molar-refractivity contribution in [3.8, 4) is 22.2 Å². The molecule has 0 aliphatic carbocycles. The van der Waals surface area contributed by atoms with E-state index in [1.54, 1.807) is 22.2 Å². The number of nitrogens with zero attached hydrogens (tertiary/aromatic N) is 3. The predicted octanol–water partition coefficient (Wildman–Crippen LogP) is 4.68. The predicted molar refractivity (Wildman–Crippen MR) is 119 cm³/mol. The summed E-state index contributed by atoms with van der Waals surface area (Å²) in [5, 5.41) is 8.03. The van der Waals surface area contributed by atoms with Crippen molar-refractivity contribution >= 4 is 27.5 Å². The standard InChI is InChI=1S/C23H18N4O3S/c1-29-19-14-27(15-7-3-2-4-8-15)26-21(19)22(28)24-13-16-11-12-18(30-16)23-25-17-9-5-6-10-20(17)31-23/h2-12,14H,13H2,1H3,(H,24,28). The maximum absolute atomic E-state index is 12.7. The first-order valence-corrected chi connectivity index (χ1v) is 10.4. The lowest BCUT2D eigenvalue weighted by Gasteiger charge is -2.02. The zero-order valence-electron chi connectivity index (χ0n) is 16.6. The fraction of sp³-hybridized carbons (Fsp3) is 0.0870. The number of furan rings is 1. The van der Waals surface area contributed by atoms with Crippen LogP contribution in [0.4, 0.5) is 0 Å². The second kappa shape index (κ2) is 8.08. The summed E-state index contributed by atoms with van der Waals surface area (Å²) < 4.78 is 13.9. The molecule has 0 bridgehead atoms. The van der Waals surface area contributed by atoms with Gasteiger partial charge in [-0.2, -0.15) is 5.10 Å². The van der Waals surface area contributed by atoms with Crippen LogP contribution >= 0.6 is 11.3 Å². The smallest absolute Gasteiger partial charge is 0.276 e. The summed E-state index contributed by atoms with van der Waals surface area (Å²) >= 11 is 1.57. The number of benzene rings is 2. The Morgan fingerprint density at radius 1 is 1.10 bits per heavy atom. The molecular formula is C23H18N4O3S. The highest BCUT2D eigenvalue weighted by Gasteiger charge is 2.19. The van der Waals surface area contributed by atoms with Gasteiger partial charge in [-0.05, 0) is 36.4 Å². The average Bonchev–Trinajstić information content (AvgIpc) is 3.55. The van der Waals surface area contributed by atoms with Gasteiger partial charge in [-0.1, -0.05) is 30.3 Å². The van der Waals surface area contributed by atoms with Crippen molar-refractivity contribution in [1.82, 2.24) is 20.1 Å². The van der Waals surface area contributed by atoms with Crippen molar-refractivity contribution in [1.29, 1.82) is 0 Å². The van der Waals surface area contributed by atoms with Gasteiger partial charge in [0.2, 0.25) is 0 Å². The number of thiazole rings is 1. The molecule has 8 heteroatoms. The minimum absolute atomic E-state index is 0.212. The van der Waals surface area contributed by atoms with Crippen molar-refractivity contribution in [2.45, 2.75) is 6.54 Å². The van der Waals surface area contributed by atoms with Gasteiger partial charge in [0.25, 0.3) is 5.91 Å². The van der Waals surface area contributed by atoms with Crippen LogP contribution in [0.3, 0.4) is 0 Å². The zero-order chi connectivity index (χ0) is 21.2. The minimum Gasteiger partial charge on any atom is -0.493 e. The van der Waals surface area contributed by atoms with Crippen LogP contribution in [-0.2, 0) is 6.54 Å². The monoisotopic (exact) mass is 430 g/mol. The minimum atomic E-state index is -0.343. The second-order valence-corrected chi connectivity index (χ2v) is 7.79. The Morgan fingerprint density at radius 3 is 2.71 bits per heavy atom. The fourth-order valence-corrected chi connectivity index (χ4v) is 4.12. The van der Waals surface area contributed by atoms with Gasteiger partial charge in [0, 0.05) is 0 Å². The molecule has 5 rings (SSSR count). The summed E-state index contributed by atoms with van der Waals surface area (Å²) in [4.78, 5) is 17.3. The Labute approximate surface area is 181 Å². The second-order valence-electron chi connectivity index (χ2n) is 6.76. The Morgan fingerprint density at radius 2 is 1.90 bits per heavy atom. The van der Waals surface area contributed by atoms with E-state index >= 15 is 0 Å². The molecule has 1 N–H and O–H groups in total. The molecule has 3 aromatic heterocycles. The summed E-state index contributed by atoms with van der Waals surface area (Å²) in [5.41, 5.74) is 1.99. The van der Waals surface area contributed by atoms with Crippen LogP contribution in [0.1, 0.15) is 16.2 Å².